The Kier molecular flexibility index (Phi) is 5.56. The van der Waals surface area contributed by atoms with Crippen molar-refractivity contribution in [3.8, 4) is 28.7 Å². The predicted octanol–water partition coefficient (Wildman–Crippen LogP) is 4.26. The molecule has 1 aliphatic heterocycles. The van der Waals surface area contributed by atoms with Crippen molar-refractivity contribution in [2.45, 2.75) is 26.5 Å². The van der Waals surface area contributed by atoms with Crippen LogP contribution in [0.4, 0.5) is 0 Å². The minimum Gasteiger partial charge on any atom is -0.486 e. The Morgan fingerprint density at radius 2 is 1.91 bits per heavy atom. The molecule has 0 unspecified atom stereocenters. The van der Waals surface area contributed by atoms with Crippen molar-refractivity contribution < 1.29 is 23.4 Å². The first-order valence-corrected chi connectivity index (χ1v) is 10.7. The van der Waals surface area contributed by atoms with E-state index in [0.717, 1.165) is 28.5 Å². The van der Waals surface area contributed by atoms with Crippen LogP contribution in [0.5, 0.6) is 17.2 Å². The zero-order valence-electron chi connectivity index (χ0n) is 18.4. The highest BCUT2D eigenvalue weighted by molar-refractivity contribution is 5.98. The van der Waals surface area contributed by atoms with Gasteiger partial charge in [-0.3, -0.25) is 4.79 Å². The lowest BCUT2D eigenvalue weighted by Gasteiger charge is -2.27. The van der Waals surface area contributed by atoms with E-state index in [1.165, 1.54) is 6.39 Å². The summed E-state index contributed by atoms with van der Waals surface area (Å²) in [4.78, 5) is 12.9. The van der Waals surface area contributed by atoms with Crippen molar-refractivity contribution in [2.75, 3.05) is 13.2 Å². The minimum absolute atomic E-state index is 0.0549. The SMILES string of the molecule is Cc1cc(C(=O)COc2ccc(-c3nnco3)cc2)c(C)n1C[C@@H]1COc2ccccc2O1. The van der Waals surface area contributed by atoms with Crippen molar-refractivity contribution in [1.82, 2.24) is 14.8 Å². The van der Waals surface area contributed by atoms with E-state index in [4.69, 9.17) is 18.6 Å². The molecule has 0 bridgehead atoms. The number of para-hydroxylation sites is 2. The van der Waals surface area contributed by atoms with Crippen molar-refractivity contribution in [2.24, 2.45) is 0 Å². The Balaban J connectivity index is 1.23. The molecule has 0 saturated heterocycles. The molecule has 0 saturated carbocycles. The van der Waals surface area contributed by atoms with Gasteiger partial charge in [0.25, 0.3) is 0 Å². The van der Waals surface area contributed by atoms with E-state index in [-0.39, 0.29) is 18.5 Å². The molecule has 33 heavy (non-hydrogen) atoms. The van der Waals surface area contributed by atoms with E-state index < -0.39 is 0 Å². The van der Waals surface area contributed by atoms with Crippen LogP contribution in [0, 0.1) is 13.8 Å². The van der Waals surface area contributed by atoms with Gasteiger partial charge >= 0.3 is 0 Å². The fourth-order valence-electron chi connectivity index (χ4n) is 3.94. The van der Waals surface area contributed by atoms with Crippen molar-refractivity contribution >= 4 is 5.78 Å². The molecule has 8 nitrogen and oxygen atoms in total. The second kappa shape index (κ2) is 8.82. The van der Waals surface area contributed by atoms with Gasteiger partial charge in [-0.15, -0.1) is 10.2 Å². The fourth-order valence-corrected chi connectivity index (χ4v) is 3.94. The first kappa shape index (κ1) is 20.8. The number of ketones is 1. The van der Waals surface area contributed by atoms with E-state index >= 15 is 0 Å². The summed E-state index contributed by atoms with van der Waals surface area (Å²) in [6.07, 6.45) is 1.14. The number of Topliss-reactive ketones (excluding diaryl/α,β-unsaturated/α-hetero) is 1. The largest absolute Gasteiger partial charge is 0.486 e. The molecule has 2 aromatic heterocycles. The summed E-state index contributed by atoms with van der Waals surface area (Å²) in [5.41, 5.74) is 3.30. The standard InChI is InChI=1S/C25H23N3O5/c1-16-11-21(17(2)28(16)12-20-13-31-23-5-3-4-6-24(23)33-20)22(29)14-30-19-9-7-18(8-10-19)25-27-26-15-32-25/h3-11,15,20H,12-14H2,1-2H3/t20-/m1/s1. The topological polar surface area (TPSA) is 88.6 Å². The number of ether oxygens (including phenoxy) is 3. The number of carbonyl (C=O) groups is 1. The van der Waals surface area contributed by atoms with Crippen LogP contribution in [0.1, 0.15) is 21.7 Å². The van der Waals surface area contributed by atoms with Crippen LogP contribution in [0.2, 0.25) is 0 Å². The summed E-state index contributed by atoms with van der Waals surface area (Å²) in [5.74, 6) is 2.44. The quantitative estimate of drug-likeness (QED) is 0.393. The van der Waals surface area contributed by atoms with Gasteiger partial charge < -0.3 is 23.2 Å². The van der Waals surface area contributed by atoms with E-state index in [1.54, 1.807) is 12.1 Å². The van der Waals surface area contributed by atoms with Crippen LogP contribution >= 0.6 is 0 Å². The van der Waals surface area contributed by atoms with Crippen molar-refractivity contribution in [1.29, 1.82) is 0 Å². The highest BCUT2D eigenvalue weighted by Gasteiger charge is 2.24. The molecule has 2 aromatic carbocycles. The molecular weight excluding hydrogens is 422 g/mol. The van der Waals surface area contributed by atoms with Gasteiger partial charge in [0.05, 0.1) is 6.54 Å². The molecular formula is C25H23N3O5. The van der Waals surface area contributed by atoms with Crippen LogP contribution in [0.15, 0.2) is 65.4 Å². The molecule has 8 heteroatoms. The van der Waals surface area contributed by atoms with Crippen LogP contribution in [-0.2, 0) is 6.54 Å². The van der Waals surface area contributed by atoms with Gasteiger partial charge in [-0.05, 0) is 56.3 Å². The van der Waals surface area contributed by atoms with Crippen LogP contribution in [-0.4, -0.2) is 39.9 Å². The lowest BCUT2D eigenvalue weighted by molar-refractivity contribution is 0.0777. The molecule has 0 amide bonds. The third kappa shape index (κ3) is 4.32. The number of hydrogen-bond acceptors (Lipinski definition) is 7. The number of aryl methyl sites for hydroxylation is 1. The Morgan fingerprint density at radius 1 is 1.12 bits per heavy atom. The normalized spacial score (nSPS) is 14.8. The summed E-state index contributed by atoms with van der Waals surface area (Å²) in [5, 5.41) is 7.54. The Bertz CT molecular complexity index is 1260. The average molecular weight is 445 g/mol. The highest BCUT2D eigenvalue weighted by atomic mass is 16.6. The van der Waals surface area contributed by atoms with Crippen LogP contribution in [0.25, 0.3) is 11.5 Å². The number of fused-ring (bicyclic) bond motifs is 1. The Morgan fingerprint density at radius 3 is 2.67 bits per heavy atom. The van der Waals surface area contributed by atoms with Gasteiger partial charge in [-0.25, -0.2) is 0 Å². The smallest absolute Gasteiger partial charge is 0.247 e. The Hall–Kier alpha value is -4.07. The predicted molar refractivity (Wildman–Crippen MR) is 120 cm³/mol. The number of aromatic nitrogens is 3. The second-order valence-corrected chi connectivity index (χ2v) is 7.87. The van der Waals surface area contributed by atoms with Crippen LogP contribution < -0.4 is 14.2 Å². The molecule has 1 atom stereocenters. The van der Waals surface area contributed by atoms with E-state index in [9.17, 15) is 4.79 Å². The highest BCUT2D eigenvalue weighted by Crippen LogP contribution is 2.31. The van der Waals surface area contributed by atoms with Gasteiger partial charge in [-0.1, -0.05) is 12.1 Å². The van der Waals surface area contributed by atoms with Gasteiger partial charge in [0.2, 0.25) is 18.1 Å². The molecule has 0 radical (unpaired) electrons. The first-order valence-electron chi connectivity index (χ1n) is 10.7. The fraction of sp³-hybridized carbons (Fsp3) is 0.240. The monoisotopic (exact) mass is 445 g/mol. The minimum atomic E-state index is -0.138. The second-order valence-electron chi connectivity index (χ2n) is 7.87. The molecule has 3 heterocycles. The van der Waals surface area contributed by atoms with Crippen LogP contribution in [0.3, 0.4) is 0 Å². The zero-order chi connectivity index (χ0) is 22.8. The van der Waals surface area contributed by atoms with Crippen molar-refractivity contribution in [3.63, 3.8) is 0 Å². The molecule has 5 rings (SSSR count). The summed E-state index contributed by atoms with van der Waals surface area (Å²) in [7, 11) is 0. The molecule has 0 spiro atoms. The van der Waals surface area contributed by atoms with E-state index in [2.05, 4.69) is 14.8 Å². The molecule has 168 valence electrons. The molecule has 0 aliphatic carbocycles. The van der Waals surface area contributed by atoms with Gasteiger partial charge in [0.1, 0.15) is 12.4 Å². The maximum Gasteiger partial charge on any atom is 0.247 e. The number of nitrogens with zero attached hydrogens (tertiary/aromatic N) is 3. The third-order valence-electron chi connectivity index (χ3n) is 5.66. The Labute approximate surface area is 190 Å². The lowest BCUT2D eigenvalue weighted by Crippen LogP contribution is -2.33. The number of carbonyl (C=O) groups excluding carboxylic acids is 1. The van der Waals surface area contributed by atoms with Crippen molar-refractivity contribution in [3.05, 3.63) is 77.9 Å². The van der Waals surface area contributed by atoms with Gasteiger partial charge in [0, 0.05) is 22.5 Å². The molecule has 1 aliphatic rings. The average Bonchev–Trinajstić information content (AvgIpc) is 3.47. The van der Waals surface area contributed by atoms with Gasteiger partial charge in [-0.2, -0.15) is 0 Å². The molecule has 0 fully saturated rings. The van der Waals surface area contributed by atoms with E-state index in [1.807, 2.05) is 56.3 Å². The summed E-state index contributed by atoms with van der Waals surface area (Å²) >= 11 is 0. The summed E-state index contributed by atoms with van der Waals surface area (Å²) in [6, 6.07) is 16.7. The zero-order valence-corrected chi connectivity index (χ0v) is 18.4. The number of benzene rings is 2. The first-order chi connectivity index (χ1) is 16.1. The third-order valence-corrected chi connectivity index (χ3v) is 5.66. The summed E-state index contributed by atoms with van der Waals surface area (Å²) < 4.78 is 24.9. The maximum atomic E-state index is 12.9. The summed E-state index contributed by atoms with van der Waals surface area (Å²) in [6.45, 7) is 4.92. The molecule has 0 N–H and O–H groups in total. The number of rotatable bonds is 7. The van der Waals surface area contributed by atoms with Gasteiger partial charge in [0.15, 0.2) is 24.2 Å². The number of hydrogen-bond donors (Lipinski definition) is 0. The molecule has 4 aromatic rings. The lowest BCUT2D eigenvalue weighted by atomic mass is 10.1. The maximum absolute atomic E-state index is 12.9. The van der Waals surface area contributed by atoms with E-state index in [0.29, 0.717) is 30.4 Å².